The largest absolute Gasteiger partial charge is 0.397 e. The third-order valence-electron chi connectivity index (χ3n) is 9.11. The van der Waals surface area contributed by atoms with E-state index in [1.54, 1.807) is 12.1 Å². The summed E-state index contributed by atoms with van der Waals surface area (Å²) in [5, 5.41) is 6.51. The Balaban J connectivity index is 1.57. The summed E-state index contributed by atoms with van der Waals surface area (Å²) < 4.78 is 85.5. The molecule has 12 nitrogen and oxygen atoms in total. The van der Waals surface area contributed by atoms with Gasteiger partial charge in [0.2, 0.25) is 2.82 Å². The number of hydrogen-bond acceptors (Lipinski definition) is 10. The zero-order chi connectivity index (χ0) is 38.0. The van der Waals surface area contributed by atoms with Crippen LogP contribution in [0.5, 0.6) is 0 Å². The lowest BCUT2D eigenvalue weighted by atomic mass is 9.78. The molecule has 0 radical (unpaired) electrons. The molecule has 258 valence electrons. The Kier molecular flexibility index (Phi) is 8.27. The van der Waals surface area contributed by atoms with Gasteiger partial charge in [0, 0.05) is 55.2 Å². The topological polar surface area (TPSA) is 233 Å². The first-order valence-corrected chi connectivity index (χ1v) is 18.6. The summed E-state index contributed by atoms with van der Waals surface area (Å²) in [4.78, 5) is 0. The highest BCUT2D eigenvalue weighted by molar-refractivity contribution is 7.87. The highest BCUT2D eigenvalue weighted by Crippen LogP contribution is 2.56. The maximum Gasteiger partial charge on any atom is 0.279 e. The number of rotatable bonds is 7. The zero-order valence-electron chi connectivity index (χ0n) is 27.1. The van der Waals surface area contributed by atoms with Crippen LogP contribution in [0.25, 0.3) is 22.5 Å². The first kappa shape index (κ1) is 33.3. The van der Waals surface area contributed by atoms with Crippen LogP contribution in [0.3, 0.4) is 0 Å². The average Bonchev–Trinajstić information content (AvgIpc) is 3.07. The van der Waals surface area contributed by atoms with Gasteiger partial charge in [-0.15, -0.1) is 0 Å². The maximum atomic E-state index is 13.5. The molecule has 4 aromatic carbocycles. The van der Waals surface area contributed by atoms with Crippen LogP contribution in [-0.2, 0) is 29.7 Å². The Morgan fingerprint density at radius 2 is 0.960 bits per heavy atom. The minimum absolute atomic E-state index is 0.0374. The molecule has 8 N–H and O–H groups in total. The van der Waals surface area contributed by atoms with E-state index in [4.69, 9.17) is 60.7 Å². The SMILES string of the molecule is [H]/N=N/C1=C(N)c2ccccc2C(c2c(Cl)cc(-c3cc(Cl)c(C4(S(=O)(=O)O)CC(/N=N/[H])=C(N)c5ccccc54)c(Cl)c3)cc2Cl)(S(=O)(=O)O)C1. The van der Waals surface area contributed by atoms with Crippen molar-refractivity contribution in [3.8, 4) is 11.1 Å². The Bertz CT molecular complexity index is 2330. The van der Waals surface area contributed by atoms with Crippen molar-refractivity contribution in [2.75, 3.05) is 0 Å². The van der Waals surface area contributed by atoms with Crippen LogP contribution in [-0.4, -0.2) is 25.9 Å². The van der Waals surface area contributed by atoms with Gasteiger partial charge in [-0.05, 0) is 46.5 Å². The van der Waals surface area contributed by atoms with Crippen molar-refractivity contribution in [1.29, 1.82) is 11.0 Å². The van der Waals surface area contributed by atoms with Gasteiger partial charge in [0.15, 0.2) is 9.49 Å². The smallest absolute Gasteiger partial charge is 0.279 e. The molecule has 0 heterocycles. The highest BCUT2D eigenvalue weighted by Gasteiger charge is 2.55. The van der Waals surface area contributed by atoms with Crippen molar-refractivity contribution in [2.45, 2.75) is 22.3 Å². The van der Waals surface area contributed by atoms with Gasteiger partial charge in [0.1, 0.15) is 0 Å². The van der Waals surface area contributed by atoms with Crippen molar-refractivity contribution >= 4 is 78.0 Å². The monoisotopic (exact) mass is 792 g/mol. The van der Waals surface area contributed by atoms with Gasteiger partial charge in [-0.1, -0.05) is 94.9 Å². The third kappa shape index (κ3) is 5.16. The van der Waals surface area contributed by atoms with E-state index in [0.29, 0.717) is 0 Å². The Hall–Kier alpha value is -3.86. The number of nitrogens with zero attached hydrogens (tertiary/aromatic N) is 2. The molecule has 0 amide bonds. The fraction of sp³-hybridized carbons (Fsp3) is 0.125. The molecule has 0 saturated heterocycles. The normalized spacial score (nSPS) is 21.7. The fourth-order valence-corrected chi connectivity index (χ4v) is 11.2. The van der Waals surface area contributed by atoms with E-state index in [0.717, 1.165) is 0 Å². The lowest BCUT2D eigenvalue weighted by Gasteiger charge is -2.38. The van der Waals surface area contributed by atoms with E-state index in [1.807, 2.05) is 0 Å². The lowest BCUT2D eigenvalue weighted by molar-refractivity contribution is 0.439. The summed E-state index contributed by atoms with van der Waals surface area (Å²) in [6.45, 7) is 0. The quantitative estimate of drug-likeness (QED) is 0.0784. The van der Waals surface area contributed by atoms with E-state index in [-0.39, 0.29) is 87.4 Å². The molecule has 0 aromatic heterocycles. The Labute approximate surface area is 309 Å². The first-order valence-electron chi connectivity index (χ1n) is 15.1. The second kappa shape index (κ2) is 12.4. The van der Waals surface area contributed by atoms with E-state index < -0.39 is 42.6 Å². The lowest BCUT2D eigenvalue weighted by Crippen LogP contribution is -2.41. The Morgan fingerprint density at radius 3 is 1.26 bits per heavy atom. The minimum atomic E-state index is -5.12. The summed E-state index contributed by atoms with van der Waals surface area (Å²) in [6.07, 6.45) is -1.16. The van der Waals surface area contributed by atoms with Gasteiger partial charge >= 0.3 is 0 Å². The minimum Gasteiger partial charge on any atom is -0.397 e. The second-order valence-electron chi connectivity index (χ2n) is 11.6. The van der Waals surface area contributed by atoms with Crippen LogP contribution >= 0.6 is 46.4 Å². The van der Waals surface area contributed by atoms with Gasteiger partial charge in [0.25, 0.3) is 20.2 Å². The maximum absolute atomic E-state index is 13.5. The zero-order valence-corrected chi connectivity index (χ0v) is 29.8. The number of nitrogens with two attached hydrogens (primary N) is 2. The van der Waals surface area contributed by atoms with Crippen molar-refractivity contribution in [3.05, 3.63) is 138 Å². The van der Waals surface area contributed by atoms with Gasteiger partial charge in [0.05, 0.1) is 22.8 Å². The predicted octanol–water partition coefficient (Wildman–Crippen LogP) is 8.35. The van der Waals surface area contributed by atoms with E-state index in [1.165, 1.54) is 60.7 Å². The fourth-order valence-electron chi connectivity index (χ4n) is 6.90. The summed E-state index contributed by atoms with van der Waals surface area (Å²) >= 11 is 27.4. The summed E-state index contributed by atoms with van der Waals surface area (Å²) in [5.74, 6) is 0. The van der Waals surface area contributed by atoms with Crippen LogP contribution in [0.15, 0.2) is 94.4 Å². The van der Waals surface area contributed by atoms with Crippen LogP contribution in [0.1, 0.15) is 46.2 Å². The van der Waals surface area contributed by atoms with Crippen molar-refractivity contribution < 1.29 is 28.8 Å². The molecule has 50 heavy (non-hydrogen) atoms. The van der Waals surface area contributed by atoms with E-state index in [2.05, 4.69) is 21.3 Å². The molecular weight excluding hydrogens is 770 g/mol. The number of nitrogens with one attached hydrogen (secondary N) is 2. The Morgan fingerprint density at radius 1 is 0.640 bits per heavy atom. The molecule has 2 atom stereocenters. The number of benzene rings is 4. The summed E-state index contributed by atoms with van der Waals surface area (Å²) in [6, 6.07) is 17.6. The standard InChI is InChI=1S/C32H24Cl4N6O6S2/c33-21-9-15(10-22(34)27(21)31(49(43,44)45)13-25(41-39)29(37)17-5-1-3-7-19(17)31)16-11-23(35)28(24(36)12-16)32(50(46,47)48)14-26(42-40)30(38)18-6-2-4-8-20(18)32/h1-12,39-40H,13-14,37-38H2,(H,43,44,45)(H,46,47,48)/b41-39+,42-40+. The van der Waals surface area contributed by atoms with E-state index >= 15 is 0 Å². The molecule has 2 aliphatic carbocycles. The van der Waals surface area contributed by atoms with Crippen molar-refractivity contribution in [3.63, 3.8) is 0 Å². The molecule has 0 spiro atoms. The number of allylic oxidation sites excluding steroid dienone is 2. The third-order valence-corrected chi connectivity index (χ3v) is 13.2. The predicted molar refractivity (Wildman–Crippen MR) is 191 cm³/mol. The number of hydrogen-bond donors (Lipinski definition) is 6. The van der Waals surface area contributed by atoms with Gasteiger partial charge in [-0.3, -0.25) is 9.11 Å². The summed E-state index contributed by atoms with van der Waals surface area (Å²) in [5.41, 5.74) is 19.0. The first-order chi connectivity index (χ1) is 24.4. The molecule has 2 aliphatic rings. The molecule has 0 aliphatic heterocycles. The number of fused-ring (bicyclic) bond motifs is 2. The molecule has 0 fully saturated rings. The van der Waals surface area contributed by atoms with E-state index in [9.17, 15) is 25.9 Å². The van der Waals surface area contributed by atoms with Crippen LogP contribution in [0.4, 0.5) is 0 Å². The molecular formula is C32H24Cl4N6O6S2. The average molecular weight is 795 g/mol. The van der Waals surface area contributed by atoms with Crippen LogP contribution in [0, 0.1) is 11.0 Å². The second-order valence-corrected chi connectivity index (χ2v) is 16.5. The molecule has 6 rings (SSSR count). The molecule has 2 unspecified atom stereocenters. The van der Waals surface area contributed by atoms with Crippen molar-refractivity contribution in [1.82, 2.24) is 0 Å². The summed E-state index contributed by atoms with van der Waals surface area (Å²) in [7, 11) is -10.2. The molecule has 0 saturated carbocycles. The molecule has 4 aromatic rings. The highest BCUT2D eigenvalue weighted by atomic mass is 35.5. The van der Waals surface area contributed by atoms with Crippen LogP contribution < -0.4 is 11.5 Å². The van der Waals surface area contributed by atoms with Gasteiger partial charge in [-0.25, -0.2) is 11.0 Å². The number of halogens is 4. The van der Waals surface area contributed by atoms with Gasteiger partial charge in [-0.2, -0.15) is 27.1 Å². The van der Waals surface area contributed by atoms with Crippen molar-refractivity contribution in [2.24, 2.45) is 21.7 Å². The van der Waals surface area contributed by atoms with Crippen LogP contribution in [0.2, 0.25) is 22.9 Å². The molecule has 0 bridgehead atoms. The van der Waals surface area contributed by atoms with Gasteiger partial charge < -0.3 is 11.5 Å². The molecule has 18 heteroatoms.